The number of carbonyl (C=O) groups is 5. The minimum Gasteiger partial charge on any atom is -0.480 e. The summed E-state index contributed by atoms with van der Waals surface area (Å²) < 4.78 is 0. The van der Waals surface area contributed by atoms with Gasteiger partial charge in [0.15, 0.2) is 0 Å². The van der Waals surface area contributed by atoms with Gasteiger partial charge >= 0.3 is 5.97 Å². The second kappa shape index (κ2) is 16.8. The van der Waals surface area contributed by atoms with Crippen LogP contribution in [0.5, 0.6) is 0 Å². The summed E-state index contributed by atoms with van der Waals surface area (Å²) in [5.74, 6) is -3.82. The van der Waals surface area contributed by atoms with E-state index >= 15 is 0 Å². The first-order chi connectivity index (χ1) is 16.3. The molecule has 0 aromatic carbocycles. The number of hydrogen-bond acceptors (Lipinski definition) is 7. The van der Waals surface area contributed by atoms with Crippen molar-refractivity contribution in [3.05, 3.63) is 0 Å². The van der Waals surface area contributed by atoms with Crippen molar-refractivity contribution >= 4 is 29.6 Å². The fourth-order valence-electron chi connectivity index (χ4n) is 3.38. The number of primary amides is 1. The molecule has 12 heteroatoms. The van der Waals surface area contributed by atoms with Crippen LogP contribution in [-0.2, 0) is 24.0 Å². The summed E-state index contributed by atoms with van der Waals surface area (Å²) in [7, 11) is 0. The molecule has 0 aliphatic heterocycles. The summed E-state index contributed by atoms with van der Waals surface area (Å²) in [5.41, 5.74) is 16.5. The van der Waals surface area contributed by atoms with Gasteiger partial charge in [-0.3, -0.25) is 19.2 Å². The van der Waals surface area contributed by atoms with Crippen molar-refractivity contribution < 1.29 is 29.1 Å². The number of rotatable bonds is 18. The molecule has 4 amide bonds. The molecule has 0 aromatic heterocycles. The van der Waals surface area contributed by atoms with Crippen LogP contribution in [0.2, 0.25) is 0 Å². The summed E-state index contributed by atoms with van der Waals surface area (Å²) in [6.45, 7) is 7.71. The zero-order chi connectivity index (χ0) is 27.1. The van der Waals surface area contributed by atoms with Gasteiger partial charge in [0.25, 0.3) is 0 Å². The van der Waals surface area contributed by atoms with E-state index < -0.39 is 53.8 Å². The van der Waals surface area contributed by atoms with Gasteiger partial charge < -0.3 is 38.3 Å². The molecule has 0 spiro atoms. The molecule has 12 nitrogen and oxygen atoms in total. The van der Waals surface area contributed by atoms with E-state index in [9.17, 15) is 29.1 Å². The number of aliphatic carboxylic acids is 1. The Morgan fingerprint density at radius 1 is 0.857 bits per heavy atom. The molecule has 35 heavy (non-hydrogen) atoms. The number of carboxylic acid groups (broad SMARTS) is 1. The Bertz CT molecular complexity index is 717. The molecule has 5 atom stereocenters. The van der Waals surface area contributed by atoms with E-state index in [4.69, 9.17) is 17.2 Å². The molecule has 0 rings (SSSR count). The predicted molar refractivity (Wildman–Crippen MR) is 132 cm³/mol. The third-order valence-corrected chi connectivity index (χ3v) is 5.73. The van der Waals surface area contributed by atoms with Gasteiger partial charge in [-0.1, -0.05) is 34.1 Å². The van der Waals surface area contributed by atoms with E-state index in [0.29, 0.717) is 25.8 Å². The van der Waals surface area contributed by atoms with Crippen LogP contribution in [0.4, 0.5) is 0 Å². The normalized spacial score (nSPS) is 15.4. The summed E-state index contributed by atoms with van der Waals surface area (Å²) >= 11 is 0. The average molecular weight is 501 g/mol. The first kappa shape index (κ1) is 32.3. The van der Waals surface area contributed by atoms with Gasteiger partial charge in [-0.05, 0) is 50.5 Å². The first-order valence-electron chi connectivity index (χ1n) is 12.2. The molecular weight excluding hydrogens is 456 g/mol. The number of nitrogens with one attached hydrogen (secondary N) is 3. The van der Waals surface area contributed by atoms with Gasteiger partial charge in [0.1, 0.15) is 18.1 Å². The van der Waals surface area contributed by atoms with Crippen molar-refractivity contribution in [2.24, 2.45) is 29.0 Å². The molecular formula is C23H44N6O6. The van der Waals surface area contributed by atoms with E-state index in [-0.39, 0.29) is 37.5 Å². The molecule has 0 aromatic rings. The fraction of sp³-hybridized carbons (Fsp3) is 0.783. The van der Waals surface area contributed by atoms with E-state index in [2.05, 4.69) is 16.0 Å². The van der Waals surface area contributed by atoms with Crippen molar-refractivity contribution in [1.29, 1.82) is 0 Å². The molecule has 10 N–H and O–H groups in total. The zero-order valence-corrected chi connectivity index (χ0v) is 21.3. The van der Waals surface area contributed by atoms with Crippen LogP contribution in [0.15, 0.2) is 0 Å². The Balaban J connectivity index is 5.54. The van der Waals surface area contributed by atoms with Crippen molar-refractivity contribution in [3.8, 4) is 0 Å². The largest absolute Gasteiger partial charge is 0.480 e. The third-order valence-electron chi connectivity index (χ3n) is 5.73. The van der Waals surface area contributed by atoms with Gasteiger partial charge in [-0.2, -0.15) is 0 Å². The zero-order valence-electron chi connectivity index (χ0n) is 21.3. The third kappa shape index (κ3) is 13.1. The molecule has 0 aliphatic rings. The number of unbranched alkanes of at least 4 members (excludes halogenated alkanes) is 1. The monoisotopic (exact) mass is 500 g/mol. The summed E-state index contributed by atoms with van der Waals surface area (Å²) in [4.78, 5) is 61.2. The number of nitrogens with two attached hydrogens (primary N) is 3. The van der Waals surface area contributed by atoms with E-state index in [1.165, 1.54) is 0 Å². The van der Waals surface area contributed by atoms with Gasteiger partial charge in [0.2, 0.25) is 23.6 Å². The van der Waals surface area contributed by atoms with Crippen LogP contribution in [0.25, 0.3) is 0 Å². The number of amides is 4. The van der Waals surface area contributed by atoms with Crippen molar-refractivity contribution in [3.63, 3.8) is 0 Å². The highest BCUT2D eigenvalue weighted by atomic mass is 16.4. The maximum absolute atomic E-state index is 13.2. The lowest BCUT2D eigenvalue weighted by atomic mass is 9.96. The Kier molecular flexibility index (Phi) is 15.5. The SMILES string of the molecule is CCC(C)C(NC(=O)C(N)CCC(N)=O)C(=O)NC(CCCCN)C(=O)NC(CC(C)C)C(=O)O. The average Bonchev–Trinajstić information content (AvgIpc) is 2.78. The molecule has 0 bridgehead atoms. The number of hydrogen-bond donors (Lipinski definition) is 7. The van der Waals surface area contributed by atoms with E-state index in [1.54, 1.807) is 6.92 Å². The minimum absolute atomic E-state index is 0.0328. The Morgan fingerprint density at radius 2 is 1.46 bits per heavy atom. The van der Waals surface area contributed by atoms with Crippen LogP contribution in [0, 0.1) is 11.8 Å². The molecule has 5 unspecified atom stereocenters. The van der Waals surface area contributed by atoms with Crippen molar-refractivity contribution in [2.75, 3.05) is 6.54 Å². The molecule has 0 saturated heterocycles. The van der Waals surface area contributed by atoms with Gasteiger partial charge in [0.05, 0.1) is 6.04 Å². The molecule has 0 saturated carbocycles. The summed E-state index contributed by atoms with van der Waals surface area (Å²) in [6.07, 6.45) is 2.16. The van der Waals surface area contributed by atoms with Crippen molar-refractivity contribution in [2.45, 2.75) is 96.8 Å². The molecule has 0 fully saturated rings. The quantitative estimate of drug-likeness (QED) is 0.119. The van der Waals surface area contributed by atoms with Crippen molar-refractivity contribution in [1.82, 2.24) is 16.0 Å². The Hall–Kier alpha value is -2.73. The molecule has 0 heterocycles. The smallest absolute Gasteiger partial charge is 0.326 e. The molecule has 202 valence electrons. The van der Waals surface area contributed by atoms with E-state index in [0.717, 1.165) is 0 Å². The standard InChI is InChI=1S/C23H44N6O6/c1-5-14(4)19(29-20(31)15(25)9-10-18(26)30)22(33)27-16(8-6-7-11-24)21(32)28-17(23(34)35)12-13(2)3/h13-17,19H,5-12,24-25H2,1-4H3,(H2,26,30)(H,27,33)(H,28,32)(H,29,31)(H,34,35). The maximum atomic E-state index is 13.2. The highest BCUT2D eigenvalue weighted by molar-refractivity contribution is 5.94. The van der Waals surface area contributed by atoms with Crippen LogP contribution in [0.1, 0.15) is 72.6 Å². The van der Waals surface area contributed by atoms with E-state index in [1.807, 2.05) is 20.8 Å². The fourth-order valence-corrected chi connectivity index (χ4v) is 3.38. The minimum atomic E-state index is -1.16. The Morgan fingerprint density at radius 3 is 1.94 bits per heavy atom. The summed E-state index contributed by atoms with van der Waals surface area (Å²) in [5, 5.41) is 17.3. The molecule has 0 aliphatic carbocycles. The van der Waals surface area contributed by atoms with Crippen LogP contribution in [0.3, 0.4) is 0 Å². The van der Waals surface area contributed by atoms with Gasteiger partial charge in [-0.25, -0.2) is 4.79 Å². The van der Waals surface area contributed by atoms with Gasteiger partial charge in [0, 0.05) is 6.42 Å². The predicted octanol–water partition coefficient (Wildman–Crippen LogP) is -0.661. The van der Waals surface area contributed by atoms with Crippen LogP contribution in [-0.4, -0.2) is 65.4 Å². The van der Waals surface area contributed by atoms with Gasteiger partial charge in [-0.15, -0.1) is 0 Å². The highest BCUT2D eigenvalue weighted by Gasteiger charge is 2.32. The Labute approximate surface area is 207 Å². The highest BCUT2D eigenvalue weighted by Crippen LogP contribution is 2.11. The lowest BCUT2D eigenvalue weighted by molar-refractivity contribution is -0.143. The van der Waals surface area contributed by atoms with Crippen LogP contribution >= 0.6 is 0 Å². The second-order valence-corrected chi connectivity index (χ2v) is 9.36. The lowest BCUT2D eigenvalue weighted by Crippen LogP contribution is -2.58. The first-order valence-corrected chi connectivity index (χ1v) is 12.2. The van der Waals surface area contributed by atoms with Crippen LogP contribution < -0.4 is 33.2 Å². The molecule has 0 radical (unpaired) electrons. The summed E-state index contributed by atoms with van der Waals surface area (Å²) in [6, 6.07) is -4.11. The number of carbonyl (C=O) groups excluding carboxylic acids is 4. The number of carboxylic acids is 1. The topological polar surface area (TPSA) is 220 Å². The maximum Gasteiger partial charge on any atom is 0.326 e. The second-order valence-electron chi connectivity index (χ2n) is 9.36. The lowest BCUT2D eigenvalue weighted by Gasteiger charge is -2.28.